The molecule has 0 spiro atoms. The Balaban J connectivity index is 1.41. The lowest BCUT2D eigenvalue weighted by molar-refractivity contribution is 0.191. The first-order valence-electron chi connectivity index (χ1n) is 9.93. The molecule has 1 atom stereocenters. The van der Waals surface area contributed by atoms with E-state index in [-0.39, 0.29) is 6.03 Å². The minimum absolute atomic E-state index is 0.0442. The van der Waals surface area contributed by atoms with Gasteiger partial charge in [0.15, 0.2) is 0 Å². The van der Waals surface area contributed by atoms with E-state index < -0.39 is 0 Å². The van der Waals surface area contributed by atoms with Crippen LogP contribution in [0.2, 0.25) is 0 Å². The fourth-order valence-electron chi connectivity index (χ4n) is 3.78. The Bertz CT molecular complexity index is 714. The standard InChI is InChI=1S/C21H31N5O/c1-3-26-15-12-22-20(26)17-24(2)21(27)23-11-14-25-13-7-10-19(16-25)18-8-5-4-6-9-18/h4-6,8-9,12,15,19H,3,7,10-11,13-14,16-17H2,1-2H3,(H,23,27). The van der Waals surface area contributed by atoms with Gasteiger partial charge in [-0.25, -0.2) is 9.78 Å². The Labute approximate surface area is 162 Å². The van der Waals surface area contributed by atoms with Crippen LogP contribution in [0.15, 0.2) is 42.7 Å². The number of nitrogens with one attached hydrogen (secondary N) is 1. The number of urea groups is 1. The van der Waals surface area contributed by atoms with E-state index in [0.29, 0.717) is 19.0 Å². The molecule has 146 valence electrons. The summed E-state index contributed by atoms with van der Waals surface area (Å²) < 4.78 is 2.06. The summed E-state index contributed by atoms with van der Waals surface area (Å²) in [5.74, 6) is 1.52. The fraction of sp³-hybridized carbons (Fsp3) is 0.524. The molecule has 6 heteroatoms. The van der Waals surface area contributed by atoms with Crippen LogP contribution < -0.4 is 5.32 Å². The maximum atomic E-state index is 12.4. The van der Waals surface area contributed by atoms with Gasteiger partial charge in [0.2, 0.25) is 0 Å². The monoisotopic (exact) mass is 369 g/mol. The normalized spacial score (nSPS) is 17.6. The second-order valence-corrected chi connectivity index (χ2v) is 7.27. The maximum Gasteiger partial charge on any atom is 0.317 e. The highest BCUT2D eigenvalue weighted by atomic mass is 16.2. The van der Waals surface area contributed by atoms with Crippen molar-refractivity contribution < 1.29 is 4.79 Å². The van der Waals surface area contributed by atoms with Gasteiger partial charge in [-0.15, -0.1) is 0 Å². The van der Waals surface area contributed by atoms with E-state index in [9.17, 15) is 4.79 Å². The second kappa shape index (κ2) is 9.55. The van der Waals surface area contributed by atoms with Crippen molar-refractivity contribution in [3.63, 3.8) is 0 Å². The van der Waals surface area contributed by atoms with E-state index >= 15 is 0 Å². The number of amides is 2. The highest BCUT2D eigenvalue weighted by Gasteiger charge is 2.21. The van der Waals surface area contributed by atoms with Crippen LogP contribution in [-0.2, 0) is 13.1 Å². The lowest BCUT2D eigenvalue weighted by Gasteiger charge is -2.33. The molecule has 1 aliphatic rings. The predicted molar refractivity (Wildman–Crippen MR) is 108 cm³/mol. The number of nitrogens with zero attached hydrogens (tertiary/aromatic N) is 4. The summed E-state index contributed by atoms with van der Waals surface area (Å²) in [5.41, 5.74) is 1.43. The first-order chi connectivity index (χ1) is 13.2. The molecule has 0 aliphatic carbocycles. The Morgan fingerprint density at radius 3 is 2.93 bits per heavy atom. The number of imidazole rings is 1. The molecule has 6 nitrogen and oxygen atoms in total. The Kier molecular flexibility index (Phi) is 6.87. The Morgan fingerprint density at radius 2 is 2.15 bits per heavy atom. The van der Waals surface area contributed by atoms with Gasteiger partial charge >= 0.3 is 6.03 Å². The van der Waals surface area contributed by atoms with Gasteiger partial charge in [-0.2, -0.15) is 0 Å². The zero-order valence-electron chi connectivity index (χ0n) is 16.5. The summed E-state index contributed by atoms with van der Waals surface area (Å²) in [7, 11) is 1.82. The molecule has 3 rings (SSSR count). The van der Waals surface area contributed by atoms with Gasteiger partial charge in [-0.1, -0.05) is 30.3 Å². The second-order valence-electron chi connectivity index (χ2n) is 7.27. The molecule has 1 unspecified atom stereocenters. The molecule has 1 aromatic heterocycles. The van der Waals surface area contributed by atoms with Gasteiger partial charge in [-0.05, 0) is 37.8 Å². The molecule has 0 saturated carbocycles. The van der Waals surface area contributed by atoms with Crippen LogP contribution in [-0.4, -0.2) is 58.6 Å². The van der Waals surface area contributed by atoms with Crippen molar-refractivity contribution in [2.75, 3.05) is 33.2 Å². The molecule has 1 N–H and O–H groups in total. The number of rotatable bonds is 7. The summed E-state index contributed by atoms with van der Waals surface area (Å²) in [6.07, 6.45) is 6.19. The van der Waals surface area contributed by atoms with Crippen molar-refractivity contribution in [3.8, 4) is 0 Å². The fourth-order valence-corrected chi connectivity index (χ4v) is 3.78. The number of piperidine rings is 1. The smallest absolute Gasteiger partial charge is 0.317 e. The van der Waals surface area contributed by atoms with Crippen LogP contribution in [0.4, 0.5) is 4.79 Å². The minimum Gasteiger partial charge on any atom is -0.337 e. The summed E-state index contributed by atoms with van der Waals surface area (Å²) in [6.45, 7) is 7.22. The maximum absolute atomic E-state index is 12.4. The molecule has 2 amide bonds. The van der Waals surface area contributed by atoms with Crippen LogP contribution in [0.1, 0.15) is 37.1 Å². The number of benzene rings is 1. The van der Waals surface area contributed by atoms with Gasteiger partial charge in [0.05, 0.1) is 6.54 Å². The molecule has 2 aromatic rings. The highest BCUT2D eigenvalue weighted by Crippen LogP contribution is 2.26. The average molecular weight is 370 g/mol. The lowest BCUT2D eigenvalue weighted by Crippen LogP contribution is -2.43. The first kappa shape index (κ1) is 19.4. The van der Waals surface area contributed by atoms with Gasteiger partial charge in [0.25, 0.3) is 0 Å². The minimum atomic E-state index is -0.0442. The van der Waals surface area contributed by atoms with E-state index in [1.165, 1.54) is 18.4 Å². The van der Waals surface area contributed by atoms with Crippen LogP contribution in [0.3, 0.4) is 0 Å². The zero-order chi connectivity index (χ0) is 19.1. The number of carbonyl (C=O) groups is 1. The third kappa shape index (κ3) is 5.32. The number of hydrogen-bond donors (Lipinski definition) is 1. The molecule has 1 aliphatic heterocycles. The summed E-state index contributed by atoms with van der Waals surface area (Å²) in [5, 5.41) is 3.04. The van der Waals surface area contributed by atoms with Crippen LogP contribution in [0.5, 0.6) is 0 Å². The van der Waals surface area contributed by atoms with Crippen molar-refractivity contribution in [1.82, 2.24) is 24.7 Å². The Hall–Kier alpha value is -2.34. The van der Waals surface area contributed by atoms with E-state index in [1.54, 1.807) is 11.1 Å². The molecule has 2 heterocycles. The average Bonchev–Trinajstić information content (AvgIpc) is 3.16. The first-order valence-corrected chi connectivity index (χ1v) is 9.93. The molecule has 1 fully saturated rings. The number of aryl methyl sites for hydroxylation is 1. The van der Waals surface area contributed by atoms with E-state index in [1.807, 2.05) is 13.2 Å². The van der Waals surface area contributed by atoms with Crippen molar-refractivity contribution in [3.05, 3.63) is 54.1 Å². The van der Waals surface area contributed by atoms with E-state index in [4.69, 9.17) is 0 Å². The highest BCUT2D eigenvalue weighted by molar-refractivity contribution is 5.73. The van der Waals surface area contributed by atoms with E-state index in [0.717, 1.165) is 32.0 Å². The number of carbonyl (C=O) groups excluding carboxylic acids is 1. The van der Waals surface area contributed by atoms with Gasteiger partial charge in [0.1, 0.15) is 5.82 Å². The zero-order valence-corrected chi connectivity index (χ0v) is 16.5. The summed E-state index contributed by atoms with van der Waals surface area (Å²) >= 11 is 0. The van der Waals surface area contributed by atoms with Crippen molar-refractivity contribution in [1.29, 1.82) is 0 Å². The molecule has 0 radical (unpaired) electrons. The molecule has 27 heavy (non-hydrogen) atoms. The molecular formula is C21H31N5O. The summed E-state index contributed by atoms with van der Waals surface area (Å²) in [6, 6.07) is 10.7. The quantitative estimate of drug-likeness (QED) is 0.816. The third-order valence-corrected chi connectivity index (χ3v) is 5.35. The topological polar surface area (TPSA) is 53.4 Å². The van der Waals surface area contributed by atoms with Crippen LogP contribution >= 0.6 is 0 Å². The lowest BCUT2D eigenvalue weighted by atomic mass is 9.91. The molecule has 1 saturated heterocycles. The summed E-state index contributed by atoms with van der Waals surface area (Å²) in [4.78, 5) is 20.8. The predicted octanol–water partition coefficient (Wildman–Crippen LogP) is 2.92. The van der Waals surface area contributed by atoms with Crippen LogP contribution in [0, 0.1) is 0 Å². The van der Waals surface area contributed by atoms with Crippen molar-refractivity contribution in [2.45, 2.75) is 38.8 Å². The van der Waals surface area contributed by atoms with Crippen molar-refractivity contribution >= 4 is 6.03 Å². The number of likely N-dealkylation sites (tertiary alicyclic amines) is 1. The van der Waals surface area contributed by atoms with Gasteiger partial charge in [0, 0.05) is 45.6 Å². The third-order valence-electron chi connectivity index (χ3n) is 5.35. The molecule has 0 bridgehead atoms. The van der Waals surface area contributed by atoms with Gasteiger partial charge in [-0.3, -0.25) is 0 Å². The van der Waals surface area contributed by atoms with Crippen LogP contribution in [0.25, 0.3) is 0 Å². The van der Waals surface area contributed by atoms with E-state index in [2.05, 4.69) is 57.0 Å². The largest absolute Gasteiger partial charge is 0.337 e. The molecular weight excluding hydrogens is 338 g/mol. The SMILES string of the molecule is CCn1ccnc1CN(C)C(=O)NCCN1CCCC(c2ccccc2)C1. The molecule has 1 aromatic carbocycles. The van der Waals surface area contributed by atoms with Crippen molar-refractivity contribution in [2.24, 2.45) is 0 Å². The Morgan fingerprint density at radius 1 is 1.33 bits per heavy atom. The van der Waals surface area contributed by atoms with Gasteiger partial charge < -0.3 is 19.7 Å². The number of aromatic nitrogens is 2. The number of hydrogen-bond acceptors (Lipinski definition) is 3.